The molecule has 0 bridgehead atoms. The van der Waals surface area contributed by atoms with Crippen molar-refractivity contribution in [3.8, 4) is 39.1 Å². The van der Waals surface area contributed by atoms with Crippen LogP contribution in [0.25, 0.3) is 91.8 Å². The Morgan fingerprint density at radius 1 is 0.431 bits per heavy atom. The van der Waals surface area contributed by atoms with Crippen LogP contribution in [0.5, 0.6) is 0 Å². The third kappa shape index (κ3) is 4.08. The lowest BCUT2D eigenvalue weighted by Crippen LogP contribution is -2.14. The summed E-state index contributed by atoms with van der Waals surface area (Å²) in [7, 11) is 0. The maximum atomic E-state index is 2.47. The SMILES string of the molecule is CC1(C)c2ccccc2-c2ccc(-c3ccc4sc5ccc6c(c5c4c3)c3c4ccccc4ccc3n6-c3ccc(-c4ccccc4)cc3)cc21. The molecule has 1 nitrogen and oxygen atoms in total. The van der Waals surface area contributed by atoms with Crippen molar-refractivity contribution in [2.24, 2.45) is 0 Å². The van der Waals surface area contributed by atoms with Gasteiger partial charge in [-0.15, -0.1) is 11.3 Å². The summed E-state index contributed by atoms with van der Waals surface area (Å²) in [6, 6.07) is 61.0. The van der Waals surface area contributed by atoms with E-state index in [2.05, 4.69) is 182 Å². The number of rotatable bonds is 3. The van der Waals surface area contributed by atoms with Gasteiger partial charge in [-0.1, -0.05) is 129 Å². The van der Waals surface area contributed by atoms with Gasteiger partial charge in [-0.05, 0) is 104 Å². The highest BCUT2D eigenvalue weighted by Crippen LogP contribution is 2.50. The number of hydrogen-bond acceptors (Lipinski definition) is 1. The normalized spacial score (nSPS) is 13.5. The second-order valence-corrected chi connectivity index (χ2v) is 15.6. The van der Waals surface area contributed by atoms with Crippen molar-refractivity contribution in [1.82, 2.24) is 4.57 Å². The summed E-state index contributed by atoms with van der Waals surface area (Å²) in [4.78, 5) is 0. The van der Waals surface area contributed by atoms with Crippen LogP contribution in [0, 0.1) is 0 Å². The van der Waals surface area contributed by atoms with Crippen LogP contribution in [0.4, 0.5) is 0 Å². The van der Waals surface area contributed by atoms with E-state index in [0.717, 1.165) is 0 Å². The summed E-state index contributed by atoms with van der Waals surface area (Å²) in [5, 5.41) is 7.89. The summed E-state index contributed by atoms with van der Waals surface area (Å²) < 4.78 is 5.12. The minimum atomic E-state index is -0.0323. The van der Waals surface area contributed by atoms with Crippen LogP contribution < -0.4 is 0 Å². The van der Waals surface area contributed by atoms with Crippen LogP contribution >= 0.6 is 11.3 Å². The summed E-state index contributed by atoms with van der Waals surface area (Å²) in [5.74, 6) is 0. The molecule has 0 fully saturated rings. The number of nitrogens with zero attached hydrogens (tertiary/aromatic N) is 1. The minimum Gasteiger partial charge on any atom is -0.309 e. The predicted octanol–water partition coefficient (Wildman–Crippen LogP) is 13.9. The maximum absolute atomic E-state index is 2.47. The first-order valence-electron chi connectivity index (χ1n) is 17.8. The van der Waals surface area contributed by atoms with E-state index in [1.54, 1.807) is 0 Å². The van der Waals surface area contributed by atoms with Crippen LogP contribution in [0.3, 0.4) is 0 Å². The van der Waals surface area contributed by atoms with Crippen molar-refractivity contribution >= 4 is 64.1 Å². The molecule has 11 rings (SSSR count). The zero-order chi connectivity index (χ0) is 33.8. The third-order valence-electron chi connectivity index (χ3n) is 11.4. The molecule has 0 atom stereocenters. The summed E-state index contributed by atoms with van der Waals surface area (Å²) in [5.41, 5.74) is 14.2. The standard InChI is InChI=1S/C49H33NS/c1-49(2)40-15-9-8-14-37(40)38-23-18-34(29-41(38)49)33-20-26-44-39(28-33)47-45(51-44)27-25-43-48(47)46-36-13-7-6-12-32(36)19-24-42(46)50(43)35-21-16-31(17-22-35)30-10-4-3-5-11-30/h3-29H,1-2H3. The number of fused-ring (bicyclic) bond motifs is 12. The molecular formula is C49H33NS. The molecule has 0 spiro atoms. The van der Waals surface area contributed by atoms with E-state index in [1.165, 1.54) is 103 Å². The topological polar surface area (TPSA) is 4.93 Å². The van der Waals surface area contributed by atoms with Gasteiger partial charge in [-0.2, -0.15) is 0 Å². The van der Waals surface area contributed by atoms with Crippen LogP contribution in [0.1, 0.15) is 25.0 Å². The van der Waals surface area contributed by atoms with Crippen LogP contribution in [-0.2, 0) is 5.41 Å². The lowest BCUT2D eigenvalue weighted by molar-refractivity contribution is 0.660. The molecule has 240 valence electrons. The largest absolute Gasteiger partial charge is 0.309 e. The highest BCUT2D eigenvalue weighted by atomic mass is 32.1. The van der Waals surface area contributed by atoms with Crippen LogP contribution in [0.2, 0.25) is 0 Å². The zero-order valence-electron chi connectivity index (χ0n) is 28.4. The van der Waals surface area contributed by atoms with Crippen molar-refractivity contribution < 1.29 is 0 Å². The van der Waals surface area contributed by atoms with Crippen LogP contribution in [-0.4, -0.2) is 4.57 Å². The van der Waals surface area contributed by atoms with Gasteiger partial charge in [0, 0.05) is 42.0 Å². The molecule has 0 amide bonds. The molecule has 1 aliphatic rings. The van der Waals surface area contributed by atoms with Gasteiger partial charge >= 0.3 is 0 Å². The molecule has 51 heavy (non-hydrogen) atoms. The first kappa shape index (κ1) is 28.8. The van der Waals surface area contributed by atoms with E-state index >= 15 is 0 Å². The summed E-state index contributed by atoms with van der Waals surface area (Å²) in [6.07, 6.45) is 0. The van der Waals surface area contributed by atoms with E-state index in [0.29, 0.717) is 0 Å². The fourth-order valence-corrected chi connectivity index (χ4v) is 10.0. The molecule has 1 aliphatic carbocycles. The Kier molecular flexibility index (Phi) is 5.95. The summed E-state index contributed by atoms with van der Waals surface area (Å²) >= 11 is 1.90. The highest BCUT2D eigenvalue weighted by molar-refractivity contribution is 7.26. The van der Waals surface area contributed by atoms with Gasteiger partial charge in [0.2, 0.25) is 0 Å². The van der Waals surface area contributed by atoms with Gasteiger partial charge in [0.15, 0.2) is 0 Å². The Hall–Kier alpha value is -5.96. The smallest absolute Gasteiger partial charge is 0.0548 e. The first-order valence-corrected chi connectivity index (χ1v) is 18.6. The Morgan fingerprint density at radius 2 is 1.08 bits per heavy atom. The Bertz CT molecular complexity index is 3030. The van der Waals surface area contributed by atoms with Gasteiger partial charge < -0.3 is 4.57 Å². The van der Waals surface area contributed by atoms with Gasteiger partial charge in [0.05, 0.1) is 11.0 Å². The molecule has 8 aromatic carbocycles. The zero-order valence-corrected chi connectivity index (χ0v) is 29.3. The maximum Gasteiger partial charge on any atom is 0.0548 e. The van der Waals surface area contributed by atoms with E-state index in [1.807, 2.05) is 11.3 Å². The fraction of sp³-hybridized carbons (Fsp3) is 0.0612. The monoisotopic (exact) mass is 667 g/mol. The highest BCUT2D eigenvalue weighted by Gasteiger charge is 2.35. The van der Waals surface area contributed by atoms with Gasteiger partial charge in [0.25, 0.3) is 0 Å². The molecular weight excluding hydrogens is 635 g/mol. The van der Waals surface area contributed by atoms with E-state index in [-0.39, 0.29) is 5.41 Å². The quantitative estimate of drug-likeness (QED) is 0.177. The second-order valence-electron chi connectivity index (χ2n) is 14.5. The lowest BCUT2D eigenvalue weighted by Gasteiger charge is -2.22. The second kappa shape index (κ2) is 10.5. The molecule has 2 heteroatoms. The molecule has 0 saturated heterocycles. The molecule has 0 saturated carbocycles. The molecule has 0 aliphatic heterocycles. The lowest BCUT2D eigenvalue weighted by atomic mass is 9.81. The van der Waals surface area contributed by atoms with Crippen molar-refractivity contribution in [2.75, 3.05) is 0 Å². The Labute approximate surface area is 300 Å². The molecule has 10 aromatic rings. The average molecular weight is 668 g/mol. The minimum absolute atomic E-state index is 0.0323. The number of hydrogen-bond donors (Lipinski definition) is 0. The van der Waals surface area contributed by atoms with E-state index in [4.69, 9.17) is 0 Å². The predicted molar refractivity (Wildman–Crippen MR) is 220 cm³/mol. The van der Waals surface area contributed by atoms with E-state index < -0.39 is 0 Å². The number of thiophene rings is 1. The molecule has 2 heterocycles. The number of aromatic nitrogens is 1. The Morgan fingerprint density at radius 3 is 1.96 bits per heavy atom. The van der Waals surface area contributed by atoms with Crippen molar-refractivity contribution in [2.45, 2.75) is 19.3 Å². The molecule has 0 N–H and O–H groups in total. The van der Waals surface area contributed by atoms with E-state index in [9.17, 15) is 0 Å². The van der Waals surface area contributed by atoms with Crippen molar-refractivity contribution in [3.05, 3.63) is 175 Å². The van der Waals surface area contributed by atoms with Gasteiger partial charge in [-0.3, -0.25) is 0 Å². The summed E-state index contributed by atoms with van der Waals surface area (Å²) in [6.45, 7) is 4.73. The third-order valence-corrected chi connectivity index (χ3v) is 12.5. The molecule has 0 unspecified atom stereocenters. The first-order chi connectivity index (χ1) is 25.0. The van der Waals surface area contributed by atoms with Gasteiger partial charge in [-0.25, -0.2) is 0 Å². The van der Waals surface area contributed by atoms with Crippen LogP contribution in [0.15, 0.2) is 164 Å². The average Bonchev–Trinajstić information content (AvgIpc) is 3.80. The number of benzene rings is 8. The molecule has 0 radical (unpaired) electrons. The van der Waals surface area contributed by atoms with Crippen molar-refractivity contribution in [1.29, 1.82) is 0 Å². The van der Waals surface area contributed by atoms with Gasteiger partial charge in [0.1, 0.15) is 0 Å². The Balaban J connectivity index is 1.17. The van der Waals surface area contributed by atoms with Crippen molar-refractivity contribution in [3.63, 3.8) is 0 Å². The molecule has 2 aromatic heterocycles. The fourth-order valence-electron chi connectivity index (χ4n) is 8.91.